The molecule has 0 fully saturated rings. The van der Waals surface area contributed by atoms with Crippen LogP contribution in [0.15, 0.2) is 0 Å². The third-order valence-electron chi connectivity index (χ3n) is 1.13. The minimum Gasteiger partial charge on any atom is -0.480 e. The molecular formula is C6H13NO4. The van der Waals surface area contributed by atoms with E-state index in [0.717, 1.165) is 0 Å². The maximum absolute atomic E-state index is 10.1. The van der Waals surface area contributed by atoms with Crippen molar-refractivity contribution in [3.8, 4) is 0 Å². The Kier molecular flexibility index (Phi) is 5.73. The van der Waals surface area contributed by atoms with Gasteiger partial charge in [0.15, 0.2) is 0 Å². The Morgan fingerprint density at radius 3 is 2.64 bits per heavy atom. The van der Waals surface area contributed by atoms with Gasteiger partial charge in [0, 0.05) is 6.61 Å². The standard InChI is InChI=1S/C6H13NO4/c7-5(6(9)10)1-3-11-4-2-8/h5,8H,1-4,7H2,(H,9,10)/t5-/m1/s1. The molecule has 0 radical (unpaired) electrons. The number of aliphatic carboxylic acids is 1. The van der Waals surface area contributed by atoms with Crippen molar-refractivity contribution in [2.45, 2.75) is 12.5 Å². The molecule has 0 unspecified atom stereocenters. The van der Waals surface area contributed by atoms with Crippen LogP contribution in [0.2, 0.25) is 0 Å². The normalized spacial score (nSPS) is 12.9. The van der Waals surface area contributed by atoms with Crippen LogP contribution in [0, 0.1) is 0 Å². The number of carboxylic acids is 1. The Labute approximate surface area is 64.8 Å². The highest BCUT2D eigenvalue weighted by atomic mass is 16.5. The lowest BCUT2D eigenvalue weighted by molar-refractivity contribution is -0.139. The first-order chi connectivity index (χ1) is 5.18. The van der Waals surface area contributed by atoms with E-state index >= 15 is 0 Å². The topological polar surface area (TPSA) is 92.8 Å². The van der Waals surface area contributed by atoms with E-state index in [9.17, 15) is 4.79 Å². The van der Waals surface area contributed by atoms with Crippen LogP contribution in [0.25, 0.3) is 0 Å². The van der Waals surface area contributed by atoms with Crippen molar-refractivity contribution in [2.75, 3.05) is 19.8 Å². The van der Waals surface area contributed by atoms with Crippen molar-refractivity contribution in [3.63, 3.8) is 0 Å². The Bertz CT molecular complexity index is 117. The van der Waals surface area contributed by atoms with E-state index < -0.39 is 12.0 Å². The number of rotatable bonds is 6. The molecule has 0 aromatic rings. The zero-order valence-corrected chi connectivity index (χ0v) is 6.19. The van der Waals surface area contributed by atoms with E-state index in [-0.39, 0.29) is 26.2 Å². The predicted molar refractivity (Wildman–Crippen MR) is 38.1 cm³/mol. The molecule has 0 aromatic heterocycles. The van der Waals surface area contributed by atoms with Crippen LogP contribution in [0.5, 0.6) is 0 Å². The van der Waals surface area contributed by atoms with Crippen LogP contribution >= 0.6 is 0 Å². The molecule has 0 bridgehead atoms. The van der Waals surface area contributed by atoms with Gasteiger partial charge in [-0.25, -0.2) is 0 Å². The largest absolute Gasteiger partial charge is 0.480 e. The third-order valence-corrected chi connectivity index (χ3v) is 1.13. The maximum atomic E-state index is 10.1. The molecule has 11 heavy (non-hydrogen) atoms. The fourth-order valence-electron chi connectivity index (χ4n) is 0.500. The van der Waals surface area contributed by atoms with Crippen LogP contribution in [-0.4, -0.2) is 42.0 Å². The van der Waals surface area contributed by atoms with Gasteiger partial charge in [-0.3, -0.25) is 4.79 Å². The fraction of sp³-hybridized carbons (Fsp3) is 0.833. The molecule has 5 nitrogen and oxygen atoms in total. The number of hydrogen-bond acceptors (Lipinski definition) is 4. The number of carboxylic acid groups (broad SMARTS) is 1. The molecule has 0 spiro atoms. The SMILES string of the molecule is N[C@H](CCOCCO)C(=O)O. The second-order valence-electron chi connectivity index (χ2n) is 2.07. The van der Waals surface area contributed by atoms with Gasteiger partial charge in [0.2, 0.25) is 0 Å². The lowest BCUT2D eigenvalue weighted by Crippen LogP contribution is -2.31. The Morgan fingerprint density at radius 1 is 1.55 bits per heavy atom. The monoisotopic (exact) mass is 163 g/mol. The van der Waals surface area contributed by atoms with Crippen molar-refractivity contribution in [1.29, 1.82) is 0 Å². The first kappa shape index (κ1) is 10.3. The molecular weight excluding hydrogens is 150 g/mol. The van der Waals surface area contributed by atoms with E-state index in [2.05, 4.69) is 0 Å². The van der Waals surface area contributed by atoms with Crippen LogP contribution < -0.4 is 5.73 Å². The molecule has 0 aliphatic heterocycles. The molecule has 0 amide bonds. The molecule has 0 aliphatic carbocycles. The number of ether oxygens (including phenoxy) is 1. The average molecular weight is 163 g/mol. The Hall–Kier alpha value is -0.650. The number of carbonyl (C=O) groups is 1. The molecule has 5 heteroatoms. The smallest absolute Gasteiger partial charge is 0.320 e. The minimum atomic E-state index is -1.03. The molecule has 0 saturated heterocycles. The summed E-state index contributed by atoms with van der Waals surface area (Å²) in [5.74, 6) is -1.03. The highest BCUT2D eigenvalue weighted by Gasteiger charge is 2.09. The van der Waals surface area contributed by atoms with Gasteiger partial charge in [-0.05, 0) is 6.42 Å². The van der Waals surface area contributed by atoms with Crippen molar-refractivity contribution < 1.29 is 19.7 Å². The van der Waals surface area contributed by atoms with Gasteiger partial charge in [-0.1, -0.05) is 0 Å². The molecule has 0 aromatic carbocycles. The van der Waals surface area contributed by atoms with E-state index in [4.69, 9.17) is 20.7 Å². The zero-order chi connectivity index (χ0) is 8.69. The summed E-state index contributed by atoms with van der Waals surface area (Å²) in [6.07, 6.45) is 0.273. The summed E-state index contributed by atoms with van der Waals surface area (Å²) in [5.41, 5.74) is 5.16. The van der Waals surface area contributed by atoms with Crippen molar-refractivity contribution in [2.24, 2.45) is 5.73 Å². The van der Waals surface area contributed by atoms with Gasteiger partial charge >= 0.3 is 5.97 Å². The molecule has 4 N–H and O–H groups in total. The summed E-state index contributed by atoms with van der Waals surface area (Å²) in [6, 6.07) is -0.867. The number of nitrogens with two attached hydrogens (primary N) is 1. The summed E-state index contributed by atoms with van der Waals surface area (Å²) < 4.78 is 4.81. The maximum Gasteiger partial charge on any atom is 0.320 e. The zero-order valence-electron chi connectivity index (χ0n) is 6.19. The second-order valence-corrected chi connectivity index (χ2v) is 2.07. The van der Waals surface area contributed by atoms with Gasteiger partial charge in [0.1, 0.15) is 6.04 Å². The quantitative estimate of drug-likeness (QED) is 0.427. The highest BCUT2D eigenvalue weighted by Crippen LogP contribution is 1.88. The number of aliphatic hydroxyl groups is 1. The van der Waals surface area contributed by atoms with Gasteiger partial charge in [0.25, 0.3) is 0 Å². The van der Waals surface area contributed by atoms with Crippen LogP contribution in [-0.2, 0) is 9.53 Å². The summed E-state index contributed by atoms with van der Waals surface area (Å²) in [5, 5.41) is 16.6. The van der Waals surface area contributed by atoms with Crippen LogP contribution in [0.1, 0.15) is 6.42 Å². The third kappa shape index (κ3) is 5.78. The lowest BCUT2D eigenvalue weighted by Gasteiger charge is -2.05. The summed E-state index contributed by atoms with van der Waals surface area (Å²) in [6.45, 7) is 0.447. The van der Waals surface area contributed by atoms with Crippen molar-refractivity contribution >= 4 is 5.97 Å². The fourth-order valence-corrected chi connectivity index (χ4v) is 0.500. The summed E-state index contributed by atoms with van der Waals surface area (Å²) in [7, 11) is 0. The summed E-state index contributed by atoms with van der Waals surface area (Å²) in [4.78, 5) is 10.1. The van der Waals surface area contributed by atoms with Crippen molar-refractivity contribution in [1.82, 2.24) is 0 Å². The number of hydrogen-bond donors (Lipinski definition) is 3. The average Bonchev–Trinajstić information content (AvgIpc) is 1.97. The Morgan fingerprint density at radius 2 is 2.18 bits per heavy atom. The van der Waals surface area contributed by atoms with Crippen molar-refractivity contribution in [3.05, 3.63) is 0 Å². The molecule has 66 valence electrons. The molecule has 0 rings (SSSR count). The Balaban J connectivity index is 3.17. The van der Waals surface area contributed by atoms with Gasteiger partial charge < -0.3 is 20.7 Å². The van der Waals surface area contributed by atoms with Gasteiger partial charge in [-0.15, -0.1) is 0 Å². The minimum absolute atomic E-state index is 0.0533. The highest BCUT2D eigenvalue weighted by molar-refractivity contribution is 5.72. The predicted octanol–water partition coefficient (Wildman–Crippen LogP) is -1.20. The second kappa shape index (κ2) is 6.09. The van der Waals surface area contributed by atoms with E-state index in [1.165, 1.54) is 0 Å². The van der Waals surface area contributed by atoms with Crippen LogP contribution in [0.4, 0.5) is 0 Å². The van der Waals surface area contributed by atoms with E-state index in [1.807, 2.05) is 0 Å². The molecule has 1 atom stereocenters. The summed E-state index contributed by atoms with van der Waals surface area (Å²) >= 11 is 0. The van der Waals surface area contributed by atoms with Gasteiger partial charge in [-0.2, -0.15) is 0 Å². The van der Waals surface area contributed by atoms with E-state index in [1.54, 1.807) is 0 Å². The molecule has 0 aliphatic rings. The number of aliphatic hydroxyl groups excluding tert-OH is 1. The molecule has 0 heterocycles. The lowest BCUT2D eigenvalue weighted by atomic mass is 10.2. The van der Waals surface area contributed by atoms with E-state index in [0.29, 0.717) is 0 Å². The van der Waals surface area contributed by atoms with Gasteiger partial charge in [0.05, 0.1) is 13.2 Å². The first-order valence-electron chi connectivity index (χ1n) is 3.35. The molecule has 0 saturated carbocycles. The van der Waals surface area contributed by atoms with Crippen LogP contribution in [0.3, 0.4) is 0 Å². The first-order valence-corrected chi connectivity index (χ1v) is 3.35.